The molecule has 0 aliphatic heterocycles. The number of hydrogen-bond acceptors (Lipinski definition) is 13. The van der Waals surface area contributed by atoms with Crippen molar-refractivity contribution < 1.29 is 66.4 Å². The molecule has 11 aliphatic carbocycles. The van der Waals surface area contributed by atoms with Crippen molar-refractivity contribution in [3.8, 4) is 0 Å². The molecule has 6 aromatic rings. The maximum Gasteiger partial charge on any atom is 1.00 e. The summed E-state index contributed by atoms with van der Waals surface area (Å²) in [6, 6.07) is 14.4. The Morgan fingerprint density at radius 3 is 1.09 bits per heavy atom. The fraction of sp³-hybridized carbons (Fsp3) is 0.579. The number of fused-ring (bicyclic) bond motifs is 9. The van der Waals surface area contributed by atoms with E-state index in [1.807, 2.05) is 13.8 Å². The van der Waals surface area contributed by atoms with Gasteiger partial charge in [0.15, 0.2) is 0 Å². The quantitative estimate of drug-likeness (QED) is 0.0778. The van der Waals surface area contributed by atoms with Gasteiger partial charge in [0.1, 0.15) is 53.9 Å². The topological polar surface area (TPSA) is 242 Å². The third-order valence-corrected chi connectivity index (χ3v) is 23.7. The molecule has 6 spiro atoms. The molecular weight excluding hydrogens is 1170 g/mol. The summed E-state index contributed by atoms with van der Waals surface area (Å²) in [5.41, 5.74) is 35.4. The summed E-state index contributed by atoms with van der Waals surface area (Å²) in [7, 11) is 0. The van der Waals surface area contributed by atoms with E-state index in [4.69, 9.17) is 11.5 Å². The molecule has 0 saturated heterocycles. The number of anilines is 8. The molecule has 0 radical (unpaired) electrons. The van der Waals surface area contributed by atoms with Crippen molar-refractivity contribution in [3.05, 3.63) is 128 Å². The number of carbonyl (C=O) groups is 2. The molecule has 0 atom stereocenters. The van der Waals surface area contributed by atoms with Crippen LogP contribution in [0.15, 0.2) is 55.4 Å². The fourth-order valence-electron chi connectivity index (χ4n) is 18.6. The van der Waals surface area contributed by atoms with Gasteiger partial charge in [0.25, 0.3) is 0 Å². The van der Waals surface area contributed by atoms with Gasteiger partial charge in [-0.1, -0.05) is 82.9 Å². The normalized spacial score (nSPS) is 21.2. The number of rotatable bonds is 8. The zero-order chi connectivity index (χ0) is 61.7. The van der Waals surface area contributed by atoms with Crippen LogP contribution < -0.4 is 84.1 Å². The van der Waals surface area contributed by atoms with E-state index in [2.05, 4.69) is 115 Å². The predicted molar refractivity (Wildman–Crippen MR) is 366 cm³/mol. The standard InChI is InChI=1S/C26H32N4O.C22H28N4.C18H24.C9H12N4O.CH4.K.H2O/c1-16-12-19(29-22-17(2)23(28-15-27-22)30-24(31)18-6-7-18)13-20-21(16)26(10-11-26)14-25(20)8-4-3-5-9-25;1-14-10-16(26-20-15(2)19(23)24-13-25-20)11-17-18(14)22(8-9-22)12-21(17)6-4-3-5-7-21;1-13-10-14(2)16-15(11-13)17(6-4-3-5-7-17)12-18(16)8-9-18;1-5-7(10)11-4-12-8(5)13-9(14)6-2-3-6;;;/h12-13,15,18H,3-11,14H2,1-2H3,(H2,27,28,29,30,31);10-11,13H,3-9,12H2,1-2H3,(H3,23,24,25,26);10-11H,3-9,12H2,1-2H3;4,6H,2-3H2,1H3,(H3,10,11,12,13,14);1H4;;1H2/q;;;;;+1;/p-1. The summed E-state index contributed by atoms with van der Waals surface area (Å²) in [5.74, 6) is 4.12. The number of benzene rings is 3. The number of hydrogen-bond donors (Lipinski definition) is 6. The van der Waals surface area contributed by atoms with E-state index in [-0.39, 0.29) is 87.9 Å². The Morgan fingerprint density at radius 2 is 0.717 bits per heavy atom. The van der Waals surface area contributed by atoms with Crippen molar-refractivity contribution in [1.82, 2.24) is 29.9 Å². The monoisotopic (exact) mass is 1270 g/mol. The van der Waals surface area contributed by atoms with Gasteiger partial charge in [-0.15, -0.1) is 0 Å². The SMILES string of the molecule is C.Cc1c(N)ncnc1NC(=O)C1CC1.Cc1cc(C)c2c(c1)C1(CCCCC1)CC21CC1.Cc1cc(Nc2ncnc(N)c2C)cc2c1C1(CC1)CC21CCCCC1.Cc1cc(Nc2ncnc(NC(=O)C3CC3)c2C)cc2c1C1(CC1)CC21CCCCC1.[K+].[OH-]. The van der Waals surface area contributed by atoms with Crippen LogP contribution in [0.5, 0.6) is 0 Å². The van der Waals surface area contributed by atoms with Gasteiger partial charge in [-0.2, -0.15) is 0 Å². The summed E-state index contributed by atoms with van der Waals surface area (Å²) in [6.07, 6.45) is 42.0. The minimum Gasteiger partial charge on any atom is -0.870 e. The Kier molecular flexibility index (Phi) is 19.5. The van der Waals surface area contributed by atoms with E-state index < -0.39 is 0 Å². The second kappa shape index (κ2) is 26.3. The number of nitrogens with two attached hydrogens (primary N) is 2. The second-order valence-corrected chi connectivity index (χ2v) is 30.3. The van der Waals surface area contributed by atoms with Gasteiger partial charge >= 0.3 is 51.4 Å². The first-order chi connectivity index (χ1) is 42.9. The summed E-state index contributed by atoms with van der Waals surface area (Å²) in [6.45, 7) is 15.0. The van der Waals surface area contributed by atoms with Crippen molar-refractivity contribution in [2.24, 2.45) is 11.8 Å². The van der Waals surface area contributed by atoms with E-state index >= 15 is 0 Å². The summed E-state index contributed by atoms with van der Waals surface area (Å²) in [4.78, 5) is 48.7. The Labute approximate surface area is 589 Å². The molecule has 16 heteroatoms. The molecule has 3 aromatic carbocycles. The van der Waals surface area contributed by atoms with Crippen molar-refractivity contribution in [1.29, 1.82) is 0 Å². The molecule has 15 nitrogen and oxygen atoms in total. The first-order valence-electron chi connectivity index (χ1n) is 34.4. The average Bonchev–Trinajstić information content (AvgIpc) is 1.55. The van der Waals surface area contributed by atoms with Gasteiger partial charge < -0.3 is 38.2 Å². The molecule has 9 N–H and O–H groups in total. The van der Waals surface area contributed by atoms with E-state index in [1.165, 1.54) is 183 Å². The van der Waals surface area contributed by atoms with Crippen LogP contribution in [0.2, 0.25) is 0 Å². The van der Waals surface area contributed by atoms with Crippen LogP contribution in [-0.2, 0) is 42.1 Å². The number of carbonyl (C=O) groups excluding carboxylic acids is 2. The van der Waals surface area contributed by atoms with Gasteiger partial charge in [0.05, 0.1) is 0 Å². The number of nitrogen functional groups attached to an aromatic ring is 2. The second-order valence-electron chi connectivity index (χ2n) is 30.3. The van der Waals surface area contributed by atoms with Crippen LogP contribution in [0.1, 0.15) is 260 Å². The molecule has 484 valence electrons. The summed E-state index contributed by atoms with van der Waals surface area (Å²) in [5, 5.41) is 12.8. The number of nitrogens with zero attached hydrogens (tertiary/aromatic N) is 6. The molecule has 11 aliphatic rings. The molecule has 2 amide bonds. The largest absolute Gasteiger partial charge is 1.00 e. The van der Waals surface area contributed by atoms with Crippen molar-refractivity contribution in [3.63, 3.8) is 0 Å². The van der Waals surface area contributed by atoms with Gasteiger partial charge in [-0.05, 0) is 277 Å². The number of amides is 2. The van der Waals surface area contributed by atoms with Gasteiger partial charge in [-0.25, -0.2) is 29.9 Å². The van der Waals surface area contributed by atoms with Gasteiger partial charge in [-0.3, -0.25) is 9.59 Å². The van der Waals surface area contributed by atoms with E-state index in [0.29, 0.717) is 55.8 Å². The minimum atomic E-state index is 0. The average molecular weight is 1270 g/mol. The maximum absolute atomic E-state index is 12.2. The molecule has 3 heterocycles. The van der Waals surface area contributed by atoms with E-state index in [9.17, 15) is 9.59 Å². The zero-order valence-corrected chi connectivity index (χ0v) is 58.9. The summed E-state index contributed by atoms with van der Waals surface area (Å²) >= 11 is 0. The Bertz CT molecular complexity index is 3770. The maximum atomic E-state index is 12.2. The first-order valence-corrected chi connectivity index (χ1v) is 34.4. The Morgan fingerprint density at radius 1 is 0.402 bits per heavy atom. The fourth-order valence-corrected chi connectivity index (χ4v) is 18.6. The first kappa shape index (κ1) is 68.0. The minimum absolute atomic E-state index is 0. The van der Waals surface area contributed by atoms with Gasteiger partial charge in [0.2, 0.25) is 11.8 Å². The Hall–Kier alpha value is -5.36. The third kappa shape index (κ3) is 13.0. The van der Waals surface area contributed by atoms with Crippen LogP contribution in [0.3, 0.4) is 0 Å². The molecule has 8 saturated carbocycles. The van der Waals surface area contributed by atoms with Crippen LogP contribution in [-0.4, -0.2) is 47.2 Å². The van der Waals surface area contributed by atoms with E-state index in [1.54, 1.807) is 52.2 Å². The third-order valence-electron chi connectivity index (χ3n) is 23.7. The number of aromatic nitrogens is 6. The molecule has 3 aromatic heterocycles. The zero-order valence-electron chi connectivity index (χ0n) is 55.8. The van der Waals surface area contributed by atoms with Crippen LogP contribution in [0.25, 0.3) is 0 Å². The molecule has 17 rings (SSSR count). The molecule has 0 bridgehead atoms. The molecule has 8 fully saturated rings. The van der Waals surface area contributed by atoms with Gasteiger partial charge in [0, 0.05) is 39.9 Å². The smallest absolute Gasteiger partial charge is 0.870 e. The van der Waals surface area contributed by atoms with Crippen molar-refractivity contribution >= 4 is 58.1 Å². The predicted octanol–water partition coefficient (Wildman–Crippen LogP) is 14.0. The van der Waals surface area contributed by atoms with E-state index in [0.717, 1.165) is 65.4 Å². The molecule has 92 heavy (non-hydrogen) atoms. The van der Waals surface area contributed by atoms with Crippen LogP contribution in [0, 0.1) is 60.3 Å². The van der Waals surface area contributed by atoms with Crippen molar-refractivity contribution in [2.75, 3.05) is 32.7 Å². The number of nitrogens with one attached hydrogen (secondary N) is 4. The number of aryl methyl sites for hydroxylation is 4. The molecule has 0 unspecified atom stereocenters. The molecular formula is C76H101KN12O3. The van der Waals surface area contributed by atoms with Crippen LogP contribution >= 0.6 is 0 Å². The van der Waals surface area contributed by atoms with Crippen LogP contribution in [0.4, 0.5) is 46.3 Å². The Balaban J connectivity index is 0.000000129. The summed E-state index contributed by atoms with van der Waals surface area (Å²) < 4.78 is 0. The van der Waals surface area contributed by atoms with Crippen molar-refractivity contribution in [2.45, 2.75) is 268 Å².